The number of esters is 1. The topological polar surface area (TPSA) is 26.3 Å². The predicted molar refractivity (Wildman–Crippen MR) is 53.5 cm³/mol. The monoisotopic (exact) mass is 236 g/mol. The first-order valence-corrected chi connectivity index (χ1v) is 5.35. The van der Waals surface area contributed by atoms with Crippen molar-refractivity contribution < 1.29 is 9.53 Å². The average molecular weight is 237 g/mol. The van der Waals surface area contributed by atoms with Crippen LogP contribution in [0, 0.1) is 0 Å². The summed E-state index contributed by atoms with van der Waals surface area (Å²) >= 11 is 3.28. The zero-order chi connectivity index (χ0) is 9.40. The third-order valence-electron chi connectivity index (χ3n) is 1.77. The SMILES string of the molecule is CCCCCC[C@@H](Br)C(=O)OC. The molecule has 0 saturated heterocycles. The minimum atomic E-state index is -0.161. The number of methoxy groups -OCH3 is 1. The Labute approximate surface area is 82.8 Å². The molecule has 72 valence electrons. The van der Waals surface area contributed by atoms with E-state index in [2.05, 4.69) is 27.6 Å². The van der Waals surface area contributed by atoms with Crippen LogP contribution in [0.2, 0.25) is 0 Å². The summed E-state index contributed by atoms with van der Waals surface area (Å²) in [5.41, 5.74) is 0. The zero-order valence-corrected chi connectivity index (χ0v) is 9.39. The van der Waals surface area contributed by atoms with Crippen LogP contribution in [0.5, 0.6) is 0 Å². The van der Waals surface area contributed by atoms with Gasteiger partial charge in [-0.3, -0.25) is 4.79 Å². The van der Waals surface area contributed by atoms with Gasteiger partial charge >= 0.3 is 5.97 Å². The minimum Gasteiger partial charge on any atom is -0.468 e. The summed E-state index contributed by atoms with van der Waals surface area (Å²) in [5, 5.41) is 0. The number of ether oxygens (including phenoxy) is 1. The highest BCUT2D eigenvalue weighted by molar-refractivity contribution is 9.10. The molecule has 0 unspecified atom stereocenters. The van der Waals surface area contributed by atoms with E-state index >= 15 is 0 Å². The number of rotatable bonds is 6. The molecule has 0 aromatic heterocycles. The number of halogens is 1. The second-order valence-corrected chi connectivity index (χ2v) is 3.95. The molecule has 0 spiro atoms. The molecular weight excluding hydrogens is 220 g/mol. The van der Waals surface area contributed by atoms with E-state index in [4.69, 9.17) is 0 Å². The Morgan fingerprint density at radius 2 is 2.08 bits per heavy atom. The molecule has 3 heteroatoms. The van der Waals surface area contributed by atoms with Crippen molar-refractivity contribution in [2.75, 3.05) is 7.11 Å². The molecule has 0 aliphatic heterocycles. The highest BCUT2D eigenvalue weighted by atomic mass is 79.9. The van der Waals surface area contributed by atoms with Gasteiger partial charge in [-0.1, -0.05) is 48.5 Å². The quantitative estimate of drug-likeness (QED) is 0.403. The van der Waals surface area contributed by atoms with Crippen molar-refractivity contribution in [2.24, 2.45) is 0 Å². The first kappa shape index (κ1) is 11.9. The van der Waals surface area contributed by atoms with Gasteiger partial charge in [0, 0.05) is 0 Å². The third kappa shape index (κ3) is 5.58. The molecule has 1 atom stereocenters. The molecule has 0 rings (SSSR count). The lowest BCUT2D eigenvalue weighted by Gasteiger charge is -2.06. The van der Waals surface area contributed by atoms with Crippen LogP contribution in [0.4, 0.5) is 0 Å². The van der Waals surface area contributed by atoms with Crippen molar-refractivity contribution in [3.8, 4) is 0 Å². The van der Waals surface area contributed by atoms with Gasteiger partial charge in [0.2, 0.25) is 0 Å². The molecule has 12 heavy (non-hydrogen) atoms. The molecule has 0 fully saturated rings. The van der Waals surface area contributed by atoms with Gasteiger partial charge in [0.1, 0.15) is 4.83 Å². The molecule has 0 bridgehead atoms. The standard InChI is InChI=1S/C9H17BrO2/c1-3-4-5-6-7-8(10)9(11)12-2/h8H,3-7H2,1-2H3/t8-/m1/s1. The summed E-state index contributed by atoms with van der Waals surface area (Å²) in [6.45, 7) is 2.17. The molecule has 0 heterocycles. The van der Waals surface area contributed by atoms with Crippen LogP contribution in [0.3, 0.4) is 0 Å². The van der Waals surface area contributed by atoms with Gasteiger partial charge < -0.3 is 4.74 Å². The lowest BCUT2D eigenvalue weighted by molar-refractivity contribution is -0.139. The van der Waals surface area contributed by atoms with Gasteiger partial charge in [0.25, 0.3) is 0 Å². The molecule has 0 amide bonds. The van der Waals surface area contributed by atoms with Gasteiger partial charge in [0.05, 0.1) is 7.11 Å². The summed E-state index contributed by atoms with van der Waals surface area (Å²) in [6, 6.07) is 0. The van der Waals surface area contributed by atoms with Crippen molar-refractivity contribution in [1.29, 1.82) is 0 Å². The van der Waals surface area contributed by atoms with Crippen molar-refractivity contribution in [3.63, 3.8) is 0 Å². The Hall–Kier alpha value is -0.0500. The Bertz CT molecular complexity index is 126. The lowest BCUT2D eigenvalue weighted by Crippen LogP contribution is -2.15. The zero-order valence-electron chi connectivity index (χ0n) is 7.81. The summed E-state index contributed by atoms with van der Waals surface area (Å²) in [6.07, 6.45) is 5.66. The summed E-state index contributed by atoms with van der Waals surface area (Å²) in [4.78, 5) is 10.8. The maximum atomic E-state index is 10.9. The molecule has 0 N–H and O–H groups in total. The number of unbranched alkanes of at least 4 members (excludes halogenated alkanes) is 3. The fourth-order valence-corrected chi connectivity index (χ4v) is 1.51. The van der Waals surface area contributed by atoms with Crippen LogP contribution >= 0.6 is 15.9 Å². The van der Waals surface area contributed by atoms with E-state index in [0.717, 1.165) is 12.8 Å². The van der Waals surface area contributed by atoms with Crippen molar-refractivity contribution in [2.45, 2.75) is 43.9 Å². The van der Waals surface area contributed by atoms with Gasteiger partial charge in [-0.05, 0) is 6.42 Å². The van der Waals surface area contributed by atoms with E-state index in [9.17, 15) is 4.79 Å². The second-order valence-electron chi connectivity index (χ2n) is 2.84. The van der Waals surface area contributed by atoms with Crippen molar-refractivity contribution >= 4 is 21.9 Å². The fraction of sp³-hybridized carbons (Fsp3) is 0.889. The molecule has 0 aromatic carbocycles. The molecule has 0 aliphatic carbocycles. The first-order valence-electron chi connectivity index (χ1n) is 4.44. The van der Waals surface area contributed by atoms with Gasteiger partial charge in [-0.25, -0.2) is 0 Å². The maximum Gasteiger partial charge on any atom is 0.319 e. The maximum absolute atomic E-state index is 10.9. The first-order chi connectivity index (χ1) is 5.72. The smallest absolute Gasteiger partial charge is 0.319 e. The van der Waals surface area contributed by atoms with Crippen molar-refractivity contribution in [1.82, 2.24) is 0 Å². The van der Waals surface area contributed by atoms with E-state index in [1.54, 1.807) is 0 Å². The number of carbonyl (C=O) groups is 1. The van der Waals surface area contributed by atoms with Crippen LogP contribution < -0.4 is 0 Å². The third-order valence-corrected chi connectivity index (χ3v) is 2.60. The molecule has 2 nitrogen and oxygen atoms in total. The number of hydrogen-bond donors (Lipinski definition) is 0. The van der Waals surface area contributed by atoms with E-state index in [1.165, 1.54) is 26.4 Å². The van der Waals surface area contributed by atoms with Crippen LogP contribution in [-0.2, 0) is 9.53 Å². The van der Waals surface area contributed by atoms with E-state index < -0.39 is 0 Å². The summed E-state index contributed by atoms with van der Waals surface area (Å²) in [5.74, 6) is -0.161. The predicted octanol–water partition coefficient (Wildman–Crippen LogP) is 2.89. The molecule has 0 radical (unpaired) electrons. The van der Waals surface area contributed by atoms with Gasteiger partial charge in [-0.2, -0.15) is 0 Å². The molecular formula is C9H17BrO2. The number of alkyl halides is 1. The number of carbonyl (C=O) groups excluding carboxylic acids is 1. The Morgan fingerprint density at radius 3 is 2.58 bits per heavy atom. The summed E-state index contributed by atoms with van der Waals surface area (Å²) in [7, 11) is 1.42. The van der Waals surface area contributed by atoms with E-state index in [0.29, 0.717) is 0 Å². The van der Waals surface area contributed by atoms with Crippen LogP contribution in [0.15, 0.2) is 0 Å². The van der Waals surface area contributed by atoms with Gasteiger partial charge in [-0.15, -0.1) is 0 Å². The highest BCUT2D eigenvalue weighted by Crippen LogP contribution is 2.12. The number of hydrogen-bond acceptors (Lipinski definition) is 2. The summed E-state index contributed by atoms with van der Waals surface area (Å²) < 4.78 is 4.58. The molecule has 0 saturated carbocycles. The van der Waals surface area contributed by atoms with Crippen LogP contribution in [0.1, 0.15) is 39.0 Å². The lowest BCUT2D eigenvalue weighted by atomic mass is 10.1. The fourth-order valence-electron chi connectivity index (χ4n) is 0.996. The molecule has 0 aliphatic rings. The molecule has 0 aromatic rings. The van der Waals surface area contributed by atoms with E-state index in [1.807, 2.05) is 0 Å². The Balaban J connectivity index is 3.31. The Kier molecular flexibility index (Phi) is 7.56. The van der Waals surface area contributed by atoms with Crippen LogP contribution in [0.25, 0.3) is 0 Å². The Morgan fingerprint density at radius 1 is 1.42 bits per heavy atom. The highest BCUT2D eigenvalue weighted by Gasteiger charge is 2.13. The minimum absolute atomic E-state index is 0.112. The normalized spacial score (nSPS) is 12.6. The second kappa shape index (κ2) is 7.59. The van der Waals surface area contributed by atoms with Crippen molar-refractivity contribution in [3.05, 3.63) is 0 Å². The average Bonchev–Trinajstić information content (AvgIpc) is 2.10. The van der Waals surface area contributed by atoms with Crippen LogP contribution in [-0.4, -0.2) is 17.9 Å². The van der Waals surface area contributed by atoms with E-state index in [-0.39, 0.29) is 10.8 Å². The van der Waals surface area contributed by atoms with Gasteiger partial charge in [0.15, 0.2) is 0 Å². The largest absolute Gasteiger partial charge is 0.468 e.